The molecule has 0 aromatic heterocycles. The number of carbonyl (C=O) groups excluding carboxylic acids is 1. The molecule has 5 heteroatoms. The molecular formula is C20H30N2O3. The zero-order chi connectivity index (χ0) is 17.6. The van der Waals surface area contributed by atoms with Crippen molar-refractivity contribution in [1.82, 2.24) is 10.2 Å². The number of aliphatic hydroxyl groups excluding tert-OH is 1. The van der Waals surface area contributed by atoms with Crippen molar-refractivity contribution in [2.75, 3.05) is 19.6 Å². The van der Waals surface area contributed by atoms with Crippen LogP contribution in [0.25, 0.3) is 0 Å². The number of likely N-dealkylation sites (tertiary alicyclic amines) is 1. The molecule has 0 unspecified atom stereocenters. The summed E-state index contributed by atoms with van der Waals surface area (Å²) in [6.07, 6.45) is 6.62. The second-order valence-corrected chi connectivity index (χ2v) is 7.39. The van der Waals surface area contributed by atoms with Crippen LogP contribution in [0, 0.1) is 5.92 Å². The summed E-state index contributed by atoms with van der Waals surface area (Å²) < 4.78 is 5.97. The summed E-state index contributed by atoms with van der Waals surface area (Å²) >= 11 is 0. The van der Waals surface area contributed by atoms with E-state index in [9.17, 15) is 9.90 Å². The molecule has 1 aromatic carbocycles. The zero-order valence-electron chi connectivity index (χ0n) is 15.1. The van der Waals surface area contributed by atoms with E-state index in [-0.39, 0.29) is 18.1 Å². The third-order valence-corrected chi connectivity index (χ3v) is 5.41. The monoisotopic (exact) mass is 346 g/mol. The molecule has 5 nitrogen and oxygen atoms in total. The van der Waals surface area contributed by atoms with E-state index in [2.05, 4.69) is 17.4 Å². The maximum absolute atomic E-state index is 12.2. The number of hydrogen-bond acceptors (Lipinski definition) is 3. The van der Waals surface area contributed by atoms with Gasteiger partial charge in [0, 0.05) is 25.6 Å². The van der Waals surface area contributed by atoms with Gasteiger partial charge in [-0.1, -0.05) is 12.1 Å². The summed E-state index contributed by atoms with van der Waals surface area (Å²) in [6, 6.07) is 8.20. The van der Waals surface area contributed by atoms with Crippen LogP contribution in [-0.4, -0.2) is 47.9 Å². The minimum Gasteiger partial charge on any atom is -0.490 e. The van der Waals surface area contributed by atoms with Crippen LogP contribution >= 0.6 is 0 Å². The Hall–Kier alpha value is -1.75. The van der Waals surface area contributed by atoms with Crippen LogP contribution in [-0.2, 0) is 6.42 Å². The van der Waals surface area contributed by atoms with E-state index in [1.54, 1.807) is 11.8 Å². The fraction of sp³-hybridized carbons (Fsp3) is 0.650. The van der Waals surface area contributed by atoms with Gasteiger partial charge in [0.05, 0.1) is 12.2 Å². The lowest BCUT2D eigenvalue weighted by Crippen LogP contribution is -2.39. The summed E-state index contributed by atoms with van der Waals surface area (Å²) in [5.74, 6) is 1.15. The second-order valence-electron chi connectivity index (χ2n) is 7.39. The highest BCUT2D eigenvalue weighted by Gasteiger charge is 2.28. The van der Waals surface area contributed by atoms with Crippen molar-refractivity contribution in [2.24, 2.45) is 5.92 Å². The van der Waals surface area contributed by atoms with Crippen molar-refractivity contribution in [2.45, 2.75) is 57.7 Å². The molecule has 1 aliphatic heterocycles. The second kappa shape index (κ2) is 8.56. The first-order valence-electron chi connectivity index (χ1n) is 9.58. The van der Waals surface area contributed by atoms with E-state index >= 15 is 0 Å². The van der Waals surface area contributed by atoms with Gasteiger partial charge in [-0.15, -0.1) is 0 Å². The van der Waals surface area contributed by atoms with Crippen LogP contribution < -0.4 is 10.1 Å². The van der Waals surface area contributed by atoms with Gasteiger partial charge in [-0.3, -0.25) is 0 Å². The van der Waals surface area contributed by atoms with Crippen molar-refractivity contribution in [3.63, 3.8) is 0 Å². The molecule has 0 radical (unpaired) electrons. The number of carbonyl (C=O) groups is 1. The molecule has 3 rings (SSSR count). The number of aliphatic hydroxyl groups is 1. The third-order valence-electron chi connectivity index (χ3n) is 5.41. The van der Waals surface area contributed by atoms with Crippen molar-refractivity contribution in [3.8, 4) is 5.75 Å². The predicted octanol–water partition coefficient (Wildman–Crippen LogP) is 2.96. The molecule has 25 heavy (non-hydrogen) atoms. The molecule has 1 saturated carbocycles. The number of nitrogens with zero attached hydrogens (tertiary/aromatic N) is 1. The Kier molecular flexibility index (Phi) is 6.19. The van der Waals surface area contributed by atoms with Gasteiger partial charge in [-0.25, -0.2) is 4.79 Å². The number of urea groups is 1. The lowest BCUT2D eigenvalue weighted by atomic mass is 10.0. The van der Waals surface area contributed by atoms with Gasteiger partial charge in [0.15, 0.2) is 0 Å². The van der Waals surface area contributed by atoms with Crippen LogP contribution in [0.15, 0.2) is 24.3 Å². The molecular weight excluding hydrogens is 316 g/mol. The van der Waals surface area contributed by atoms with Gasteiger partial charge >= 0.3 is 6.03 Å². The molecule has 1 aromatic rings. The number of nitrogens with one attached hydrogen (secondary N) is 1. The van der Waals surface area contributed by atoms with Crippen molar-refractivity contribution in [3.05, 3.63) is 29.8 Å². The SMILES string of the molecule is C[C@@H](O)[C@H]1CCN(C(=O)NCCc2ccc(OC3CCCC3)cc2)C1. The molecule has 0 spiro atoms. The third kappa shape index (κ3) is 5.11. The fourth-order valence-electron chi connectivity index (χ4n) is 3.72. The highest BCUT2D eigenvalue weighted by Crippen LogP contribution is 2.24. The van der Waals surface area contributed by atoms with Crippen LogP contribution in [0.4, 0.5) is 4.79 Å². The van der Waals surface area contributed by atoms with Crippen molar-refractivity contribution in [1.29, 1.82) is 0 Å². The Balaban J connectivity index is 1.37. The van der Waals surface area contributed by atoms with Crippen molar-refractivity contribution >= 4 is 6.03 Å². The normalized spacial score (nSPS) is 22.2. The standard InChI is InChI=1S/C20H30N2O3/c1-15(23)17-11-13-22(14-17)20(24)21-12-10-16-6-8-19(9-7-16)25-18-4-2-3-5-18/h6-9,15,17-18,23H,2-5,10-14H2,1H3,(H,21,24)/t15-,17+/m1/s1. The van der Waals surface area contributed by atoms with Crippen LogP contribution in [0.2, 0.25) is 0 Å². The number of hydrogen-bond donors (Lipinski definition) is 2. The molecule has 138 valence electrons. The quantitative estimate of drug-likeness (QED) is 0.832. The van der Waals surface area contributed by atoms with E-state index in [0.717, 1.165) is 25.1 Å². The Bertz CT molecular complexity index is 553. The summed E-state index contributed by atoms with van der Waals surface area (Å²) in [5.41, 5.74) is 1.20. The van der Waals surface area contributed by atoms with Crippen LogP contribution in [0.1, 0.15) is 44.6 Å². The fourth-order valence-corrected chi connectivity index (χ4v) is 3.72. The van der Waals surface area contributed by atoms with Crippen LogP contribution in [0.5, 0.6) is 5.75 Å². The van der Waals surface area contributed by atoms with Crippen LogP contribution in [0.3, 0.4) is 0 Å². The molecule has 2 amide bonds. The smallest absolute Gasteiger partial charge is 0.317 e. The predicted molar refractivity (Wildman–Crippen MR) is 97.8 cm³/mol. The Morgan fingerprint density at radius 1 is 1.28 bits per heavy atom. The Morgan fingerprint density at radius 3 is 2.64 bits per heavy atom. The first-order valence-corrected chi connectivity index (χ1v) is 9.58. The van der Waals surface area contributed by atoms with E-state index < -0.39 is 0 Å². The number of amides is 2. The molecule has 1 saturated heterocycles. The molecule has 2 N–H and O–H groups in total. The van der Waals surface area contributed by atoms with Gasteiger partial charge in [0.25, 0.3) is 0 Å². The summed E-state index contributed by atoms with van der Waals surface area (Å²) in [6.45, 7) is 3.80. The molecule has 0 bridgehead atoms. The van der Waals surface area contributed by atoms with Crippen molar-refractivity contribution < 1.29 is 14.6 Å². The lowest BCUT2D eigenvalue weighted by Gasteiger charge is -2.18. The average molecular weight is 346 g/mol. The minimum absolute atomic E-state index is 0.0238. The summed E-state index contributed by atoms with van der Waals surface area (Å²) in [5, 5.41) is 12.6. The molecule has 2 aliphatic rings. The highest BCUT2D eigenvalue weighted by atomic mass is 16.5. The number of benzene rings is 1. The number of ether oxygens (including phenoxy) is 1. The van der Waals surface area contributed by atoms with Gasteiger partial charge in [-0.2, -0.15) is 0 Å². The highest BCUT2D eigenvalue weighted by molar-refractivity contribution is 5.74. The van der Waals surface area contributed by atoms with Gasteiger partial charge in [-0.05, 0) is 63.1 Å². The lowest BCUT2D eigenvalue weighted by molar-refractivity contribution is 0.129. The topological polar surface area (TPSA) is 61.8 Å². The average Bonchev–Trinajstić information content (AvgIpc) is 3.28. The van der Waals surface area contributed by atoms with Gasteiger partial charge < -0.3 is 20.1 Å². The Morgan fingerprint density at radius 2 is 2.00 bits per heavy atom. The first kappa shape index (κ1) is 18.1. The van der Waals surface area contributed by atoms with E-state index in [1.165, 1.54) is 31.2 Å². The molecule has 2 atom stereocenters. The van der Waals surface area contributed by atoms with E-state index in [1.807, 2.05) is 12.1 Å². The largest absolute Gasteiger partial charge is 0.490 e. The summed E-state index contributed by atoms with van der Waals surface area (Å²) in [7, 11) is 0. The molecule has 2 fully saturated rings. The summed E-state index contributed by atoms with van der Waals surface area (Å²) in [4.78, 5) is 14.0. The zero-order valence-corrected chi connectivity index (χ0v) is 15.1. The number of rotatable bonds is 6. The molecule has 1 heterocycles. The maximum atomic E-state index is 12.2. The maximum Gasteiger partial charge on any atom is 0.317 e. The molecule has 1 aliphatic carbocycles. The first-order chi connectivity index (χ1) is 12.1. The Labute approximate surface area is 150 Å². The van der Waals surface area contributed by atoms with E-state index in [0.29, 0.717) is 19.2 Å². The minimum atomic E-state index is -0.345. The van der Waals surface area contributed by atoms with Gasteiger partial charge in [0.2, 0.25) is 0 Å². The van der Waals surface area contributed by atoms with E-state index in [4.69, 9.17) is 4.74 Å². The van der Waals surface area contributed by atoms with Gasteiger partial charge in [0.1, 0.15) is 5.75 Å².